The van der Waals surface area contributed by atoms with Crippen LogP contribution in [0, 0.1) is 24.7 Å². The van der Waals surface area contributed by atoms with Crippen LogP contribution < -0.4 is 16.0 Å². The van der Waals surface area contributed by atoms with Crippen LogP contribution in [0.5, 0.6) is 0 Å². The highest BCUT2D eigenvalue weighted by atomic mass is 32.2. The standard InChI is InChI=1S/C40H50N4O7S/c1-25-19-33(52(49,50)44(5)6)16-17-34(25)28-11-7-26(8-12-28)20-31(38(47)42-32-15-18-35-30(21-32)23-37(46)43-35)22-36(45)29-13-9-27(10-14-29)24-41-39(48)51-40(2,3)4/h7-8,11-12,15-19,21,27,29,31H,9-10,13-14,20,22-24H2,1-6H3,(H,41,48)(H,42,47)(H,43,46)/t27?,29?,31-/m1/s1. The minimum absolute atomic E-state index is 0.0578. The van der Waals surface area contributed by atoms with Crippen molar-refractivity contribution < 1.29 is 32.3 Å². The van der Waals surface area contributed by atoms with E-state index in [4.69, 9.17) is 4.74 Å². The number of hydrogen-bond acceptors (Lipinski definition) is 7. The van der Waals surface area contributed by atoms with Gasteiger partial charge in [-0.2, -0.15) is 0 Å². The Labute approximate surface area is 306 Å². The Kier molecular flexibility index (Phi) is 11.9. The summed E-state index contributed by atoms with van der Waals surface area (Å²) in [4.78, 5) is 51.8. The minimum Gasteiger partial charge on any atom is -0.444 e. The largest absolute Gasteiger partial charge is 0.444 e. The van der Waals surface area contributed by atoms with Gasteiger partial charge in [0, 0.05) is 50.3 Å². The lowest BCUT2D eigenvalue weighted by molar-refractivity contribution is -0.129. The third kappa shape index (κ3) is 9.86. The summed E-state index contributed by atoms with van der Waals surface area (Å²) in [6, 6.07) is 18.2. The van der Waals surface area contributed by atoms with Crippen molar-refractivity contribution in [3.63, 3.8) is 0 Å². The second-order valence-electron chi connectivity index (χ2n) is 15.2. The highest BCUT2D eigenvalue weighted by Gasteiger charge is 2.31. The number of rotatable bonds is 12. The van der Waals surface area contributed by atoms with Crippen molar-refractivity contribution in [2.24, 2.45) is 17.8 Å². The molecular weight excluding hydrogens is 681 g/mol. The number of amides is 3. The fraction of sp³-hybridized carbons (Fsp3) is 0.450. The summed E-state index contributed by atoms with van der Waals surface area (Å²) >= 11 is 0. The summed E-state index contributed by atoms with van der Waals surface area (Å²) < 4.78 is 31.8. The third-order valence-corrected chi connectivity index (χ3v) is 11.6. The second kappa shape index (κ2) is 16.0. The molecule has 0 unspecified atom stereocenters. The van der Waals surface area contributed by atoms with Gasteiger partial charge in [0.05, 0.1) is 11.3 Å². The molecule has 278 valence electrons. The number of carbonyl (C=O) groups is 4. The molecule has 1 heterocycles. The van der Waals surface area contributed by atoms with Crippen LogP contribution in [0.3, 0.4) is 0 Å². The number of anilines is 2. The van der Waals surface area contributed by atoms with Crippen molar-refractivity contribution >= 4 is 45.1 Å². The first-order chi connectivity index (χ1) is 24.5. The van der Waals surface area contributed by atoms with E-state index in [0.29, 0.717) is 31.5 Å². The van der Waals surface area contributed by atoms with Crippen LogP contribution in [0.1, 0.15) is 69.6 Å². The van der Waals surface area contributed by atoms with Gasteiger partial charge in [-0.15, -0.1) is 0 Å². The molecule has 3 N–H and O–H groups in total. The highest BCUT2D eigenvalue weighted by Crippen LogP contribution is 2.33. The van der Waals surface area contributed by atoms with E-state index >= 15 is 0 Å². The predicted octanol–water partition coefficient (Wildman–Crippen LogP) is 6.49. The molecular formula is C40H50N4O7S. The van der Waals surface area contributed by atoms with Crippen LogP contribution in [-0.4, -0.2) is 62.7 Å². The molecule has 0 radical (unpaired) electrons. The molecule has 0 spiro atoms. The molecule has 12 heteroatoms. The number of nitrogens with one attached hydrogen (secondary N) is 3. The molecule has 1 saturated carbocycles. The number of carbonyl (C=O) groups excluding carboxylic acids is 4. The normalized spacial score (nSPS) is 17.9. The van der Waals surface area contributed by atoms with Crippen molar-refractivity contribution in [2.75, 3.05) is 31.3 Å². The number of ketones is 1. The monoisotopic (exact) mass is 730 g/mol. The molecule has 2 aliphatic rings. The van der Waals surface area contributed by atoms with Crippen LogP contribution in [0.25, 0.3) is 11.1 Å². The third-order valence-electron chi connectivity index (χ3n) is 9.78. The topological polar surface area (TPSA) is 151 Å². The lowest BCUT2D eigenvalue weighted by atomic mass is 9.77. The summed E-state index contributed by atoms with van der Waals surface area (Å²) in [5.41, 5.74) is 5.06. The molecule has 0 saturated heterocycles. The zero-order valence-corrected chi connectivity index (χ0v) is 31.7. The summed E-state index contributed by atoms with van der Waals surface area (Å²) in [7, 11) is -0.551. The van der Waals surface area contributed by atoms with Gasteiger partial charge in [0.1, 0.15) is 11.4 Å². The Bertz CT molecular complexity index is 1930. The van der Waals surface area contributed by atoms with Crippen molar-refractivity contribution in [1.82, 2.24) is 9.62 Å². The molecule has 11 nitrogen and oxygen atoms in total. The van der Waals surface area contributed by atoms with Crippen molar-refractivity contribution in [2.45, 2.75) is 83.1 Å². The first-order valence-electron chi connectivity index (χ1n) is 17.8. The van der Waals surface area contributed by atoms with E-state index in [2.05, 4.69) is 16.0 Å². The van der Waals surface area contributed by atoms with Crippen LogP contribution >= 0.6 is 0 Å². The Morgan fingerprint density at radius 3 is 2.29 bits per heavy atom. The summed E-state index contributed by atoms with van der Waals surface area (Å²) in [5, 5.41) is 8.65. The van der Waals surface area contributed by atoms with Crippen LogP contribution in [0.15, 0.2) is 65.6 Å². The van der Waals surface area contributed by atoms with Crippen LogP contribution in [0.4, 0.5) is 16.2 Å². The molecule has 52 heavy (non-hydrogen) atoms. The average Bonchev–Trinajstić information content (AvgIpc) is 3.46. The van der Waals surface area contributed by atoms with Gasteiger partial charge < -0.3 is 20.7 Å². The SMILES string of the molecule is Cc1cc(S(=O)(=O)N(C)C)ccc1-c1ccc(C[C@H](CC(=O)C2CCC(CNC(=O)OC(C)(C)C)CC2)C(=O)Nc2ccc3c(c2)CC(=O)N3)cc1. The number of aryl methyl sites for hydroxylation is 1. The van der Waals surface area contributed by atoms with E-state index in [1.807, 2.05) is 52.0 Å². The number of ether oxygens (including phenoxy) is 1. The number of alkyl carbamates (subject to hydrolysis) is 1. The minimum atomic E-state index is -3.56. The summed E-state index contributed by atoms with van der Waals surface area (Å²) in [6.45, 7) is 7.84. The molecule has 5 rings (SSSR count). The van der Waals surface area contributed by atoms with Gasteiger partial charge in [-0.25, -0.2) is 17.5 Å². The molecule has 3 aromatic carbocycles. The van der Waals surface area contributed by atoms with Gasteiger partial charge in [-0.3, -0.25) is 14.4 Å². The zero-order valence-electron chi connectivity index (χ0n) is 30.9. The predicted molar refractivity (Wildman–Crippen MR) is 201 cm³/mol. The van der Waals surface area contributed by atoms with E-state index in [-0.39, 0.29) is 47.2 Å². The number of sulfonamides is 1. The average molecular weight is 731 g/mol. The Morgan fingerprint density at radius 2 is 1.65 bits per heavy atom. The lowest BCUT2D eigenvalue weighted by Crippen LogP contribution is -2.37. The number of Topliss-reactive ketones (excluding diaryl/α,β-unsaturated/α-hetero) is 1. The highest BCUT2D eigenvalue weighted by molar-refractivity contribution is 7.89. The van der Waals surface area contributed by atoms with Crippen LogP contribution in [-0.2, 0) is 42.0 Å². The number of hydrogen-bond donors (Lipinski definition) is 3. The maximum absolute atomic E-state index is 13.8. The van der Waals surface area contributed by atoms with Gasteiger partial charge in [0.15, 0.2) is 0 Å². The molecule has 1 fully saturated rings. The Hall–Kier alpha value is -4.55. The van der Waals surface area contributed by atoms with E-state index in [0.717, 1.165) is 46.3 Å². The van der Waals surface area contributed by atoms with E-state index in [1.54, 1.807) is 36.4 Å². The zero-order chi connectivity index (χ0) is 37.8. The molecule has 1 aliphatic heterocycles. The van der Waals surface area contributed by atoms with Gasteiger partial charge in [-0.05, 0) is 124 Å². The van der Waals surface area contributed by atoms with Crippen molar-refractivity contribution in [3.8, 4) is 11.1 Å². The lowest BCUT2D eigenvalue weighted by Gasteiger charge is -2.29. The number of fused-ring (bicyclic) bond motifs is 1. The fourth-order valence-electron chi connectivity index (χ4n) is 6.89. The van der Waals surface area contributed by atoms with Gasteiger partial charge in [0.2, 0.25) is 21.8 Å². The fourth-order valence-corrected chi connectivity index (χ4v) is 7.87. The smallest absolute Gasteiger partial charge is 0.407 e. The molecule has 0 aromatic heterocycles. The van der Waals surface area contributed by atoms with E-state index < -0.39 is 27.6 Å². The number of nitrogens with zero attached hydrogens (tertiary/aromatic N) is 1. The Morgan fingerprint density at radius 1 is 0.962 bits per heavy atom. The van der Waals surface area contributed by atoms with Gasteiger partial charge >= 0.3 is 6.09 Å². The van der Waals surface area contributed by atoms with Gasteiger partial charge in [0.25, 0.3) is 0 Å². The summed E-state index contributed by atoms with van der Waals surface area (Å²) in [5.74, 6) is -0.830. The molecule has 0 bridgehead atoms. The van der Waals surface area contributed by atoms with E-state index in [9.17, 15) is 27.6 Å². The van der Waals surface area contributed by atoms with Gasteiger partial charge in [-0.1, -0.05) is 30.3 Å². The summed E-state index contributed by atoms with van der Waals surface area (Å²) in [6.07, 6.45) is 3.23. The first-order valence-corrected chi connectivity index (χ1v) is 19.3. The second-order valence-corrected chi connectivity index (χ2v) is 17.4. The van der Waals surface area contributed by atoms with Crippen molar-refractivity contribution in [3.05, 3.63) is 77.4 Å². The first kappa shape index (κ1) is 38.7. The quantitative estimate of drug-likeness (QED) is 0.193. The maximum atomic E-state index is 13.8. The molecule has 1 atom stereocenters. The van der Waals surface area contributed by atoms with E-state index in [1.165, 1.54) is 18.4 Å². The number of benzene rings is 3. The maximum Gasteiger partial charge on any atom is 0.407 e. The molecule has 1 aliphatic carbocycles. The van der Waals surface area contributed by atoms with Crippen molar-refractivity contribution in [1.29, 1.82) is 0 Å². The molecule has 3 amide bonds. The Balaban J connectivity index is 1.27. The molecule has 3 aromatic rings. The van der Waals surface area contributed by atoms with Crippen LogP contribution in [0.2, 0.25) is 0 Å².